The summed E-state index contributed by atoms with van der Waals surface area (Å²) in [5.41, 5.74) is 0.462. The van der Waals surface area contributed by atoms with Crippen LogP contribution in [-0.4, -0.2) is 49.5 Å². The number of aliphatic hydroxyl groups is 1. The van der Waals surface area contributed by atoms with Gasteiger partial charge in [-0.05, 0) is 32.2 Å². The minimum atomic E-state index is -0.763. The first-order valence-corrected chi connectivity index (χ1v) is 6.46. The number of hydrogen-bond acceptors (Lipinski definition) is 4. The zero-order valence-electron chi connectivity index (χ0n) is 11.3. The van der Waals surface area contributed by atoms with Gasteiger partial charge < -0.3 is 19.5 Å². The molecule has 1 aliphatic heterocycles. The van der Waals surface area contributed by atoms with E-state index in [0.29, 0.717) is 24.5 Å². The van der Waals surface area contributed by atoms with Crippen molar-refractivity contribution < 1.29 is 19.0 Å². The van der Waals surface area contributed by atoms with Gasteiger partial charge in [-0.25, -0.2) is 4.39 Å². The molecule has 1 N–H and O–H groups in total. The van der Waals surface area contributed by atoms with Gasteiger partial charge in [-0.3, -0.25) is 0 Å². The molecule has 0 aromatic heterocycles. The Morgan fingerprint density at radius 3 is 3.05 bits per heavy atom. The molecule has 0 aliphatic carbocycles. The Labute approximate surface area is 112 Å². The average Bonchev–Trinajstić information content (AvgIpc) is 2.37. The number of rotatable bonds is 4. The maximum Gasteiger partial charge on any atom is 0.125 e. The monoisotopic (exact) mass is 269 g/mol. The molecule has 1 unspecified atom stereocenters. The summed E-state index contributed by atoms with van der Waals surface area (Å²) in [6.07, 6.45) is -0.758. The first-order chi connectivity index (χ1) is 9.06. The fourth-order valence-corrected chi connectivity index (χ4v) is 2.13. The van der Waals surface area contributed by atoms with E-state index in [9.17, 15) is 9.50 Å². The van der Waals surface area contributed by atoms with Crippen molar-refractivity contribution in [2.24, 2.45) is 0 Å². The highest BCUT2D eigenvalue weighted by molar-refractivity contribution is 5.35. The lowest BCUT2D eigenvalue weighted by molar-refractivity contribution is -0.0407. The van der Waals surface area contributed by atoms with Gasteiger partial charge in [-0.2, -0.15) is 0 Å². The molecule has 106 valence electrons. The second-order valence-corrected chi connectivity index (χ2v) is 4.92. The van der Waals surface area contributed by atoms with E-state index in [2.05, 4.69) is 4.90 Å². The Morgan fingerprint density at radius 2 is 2.37 bits per heavy atom. The molecule has 0 radical (unpaired) electrons. The molecule has 1 aromatic rings. The summed E-state index contributed by atoms with van der Waals surface area (Å²) in [5, 5.41) is 9.62. The standard InChI is InChI=1S/C14H20FNO3/c1-10(17)13-7-11(15)3-4-14(13)19-9-12-8-16(2)5-6-18-12/h3-4,7,10,12,17H,5-6,8-9H2,1-2H3/t10-,12?/m0/s1. The van der Waals surface area contributed by atoms with Crippen LogP contribution in [0, 0.1) is 5.82 Å². The zero-order chi connectivity index (χ0) is 13.8. The van der Waals surface area contributed by atoms with Crippen molar-refractivity contribution in [1.82, 2.24) is 4.90 Å². The van der Waals surface area contributed by atoms with E-state index in [1.165, 1.54) is 12.1 Å². The van der Waals surface area contributed by atoms with E-state index in [0.717, 1.165) is 13.1 Å². The van der Waals surface area contributed by atoms with Crippen LogP contribution in [0.5, 0.6) is 5.75 Å². The quantitative estimate of drug-likeness (QED) is 0.901. The SMILES string of the molecule is C[C@H](O)c1cc(F)ccc1OCC1CN(C)CCO1. The third-order valence-electron chi connectivity index (χ3n) is 3.19. The highest BCUT2D eigenvalue weighted by Gasteiger charge is 2.19. The van der Waals surface area contributed by atoms with Crippen molar-refractivity contribution in [1.29, 1.82) is 0 Å². The van der Waals surface area contributed by atoms with Gasteiger partial charge >= 0.3 is 0 Å². The van der Waals surface area contributed by atoms with Crippen molar-refractivity contribution >= 4 is 0 Å². The van der Waals surface area contributed by atoms with Crippen molar-refractivity contribution in [3.05, 3.63) is 29.6 Å². The fraction of sp³-hybridized carbons (Fsp3) is 0.571. The lowest BCUT2D eigenvalue weighted by Gasteiger charge is -2.30. The minimum Gasteiger partial charge on any atom is -0.490 e. The molecule has 2 atom stereocenters. The van der Waals surface area contributed by atoms with Crippen molar-refractivity contribution in [3.63, 3.8) is 0 Å². The first kappa shape index (κ1) is 14.2. The molecule has 1 aliphatic rings. The van der Waals surface area contributed by atoms with Crippen LogP contribution < -0.4 is 4.74 Å². The number of ether oxygens (including phenoxy) is 2. The van der Waals surface area contributed by atoms with Gasteiger partial charge in [-0.1, -0.05) is 0 Å². The zero-order valence-corrected chi connectivity index (χ0v) is 11.3. The number of nitrogens with zero attached hydrogens (tertiary/aromatic N) is 1. The van der Waals surface area contributed by atoms with Gasteiger partial charge in [0.25, 0.3) is 0 Å². The van der Waals surface area contributed by atoms with Gasteiger partial charge in [0.2, 0.25) is 0 Å². The topological polar surface area (TPSA) is 41.9 Å². The van der Waals surface area contributed by atoms with Gasteiger partial charge in [0, 0.05) is 18.7 Å². The molecule has 4 nitrogen and oxygen atoms in total. The smallest absolute Gasteiger partial charge is 0.125 e. The number of hydrogen-bond donors (Lipinski definition) is 1. The number of halogens is 1. The lowest BCUT2D eigenvalue weighted by Crippen LogP contribution is -2.42. The van der Waals surface area contributed by atoms with E-state index >= 15 is 0 Å². The van der Waals surface area contributed by atoms with Crippen molar-refractivity contribution in [2.75, 3.05) is 33.4 Å². The molecule has 0 saturated carbocycles. The van der Waals surface area contributed by atoms with E-state index < -0.39 is 6.10 Å². The number of aliphatic hydroxyl groups excluding tert-OH is 1. The number of benzene rings is 1. The molecule has 19 heavy (non-hydrogen) atoms. The molecule has 1 heterocycles. The predicted octanol–water partition coefficient (Wildman–Crippen LogP) is 1.59. The average molecular weight is 269 g/mol. The third-order valence-corrected chi connectivity index (χ3v) is 3.19. The Bertz CT molecular complexity index is 425. The molecular formula is C14H20FNO3. The van der Waals surface area contributed by atoms with Crippen LogP contribution in [0.3, 0.4) is 0 Å². The van der Waals surface area contributed by atoms with E-state index in [-0.39, 0.29) is 11.9 Å². The second kappa shape index (κ2) is 6.32. The second-order valence-electron chi connectivity index (χ2n) is 4.92. The summed E-state index contributed by atoms with van der Waals surface area (Å²) in [6, 6.07) is 4.17. The molecule has 1 fully saturated rings. The summed E-state index contributed by atoms with van der Waals surface area (Å²) in [6.45, 7) is 4.41. The first-order valence-electron chi connectivity index (χ1n) is 6.46. The minimum absolute atomic E-state index is 0.00523. The number of morpholine rings is 1. The molecule has 1 aromatic carbocycles. The molecule has 2 rings (SSSR count). The molecular weight excluding hydrogens is 249 g/mol. The molecule has 0 bridgehead atoms. The van der Waals surface area contributed by atoms with Gasteiger partial charge in [0.05, 0.1) is 12.7 Å². The van der Waals surface area contributed by atoms with E-state index in [4.69, 9.17) is 9.47 Å². The Kier molecular flexibility index (Phi) is 4.74. The van der Waals surface area contributed by atoms with Crippen LogP contribution in [0.15, 0.2) is 18.2 Å². The predicted molar refractivity (Wildman–Crippen MR) is 69.8 cm³/mol. The van der Waals surface area contributed by atoms with Crippen LogP contribution >= 0.6 is 0 Å². The summed E-state index contributed by atoms with van der Waals surface area (Å²) in [4.78, 5) is 2.18. The van der Waals surface area contributed by atoms with Crippen LogP contribution in [0.2, 0.25) is 0 Å². The maximum absolute atomic E-state index is 13.2. The lowest BCUT2D eigenvalue weighted by atomic mass is 10.1. The van der Waals surface area contributed by atoms with Crippen molar-refractivity contribution in [2.45, 2.75) is 19.1 Å². The molecule has 5 heteroatoms. The largest absolute Gasteiger partial charge is 0.490 e. The number of likely N-dealkylation sites (N-methyl/N-ethyl adjacent to an activating group) is 1. The van der Waals surface area contributed by atoms with Crippen LogP contribution in [0.25, 0.3) is 0 Å². The van der Waals surface area contributed by atoms with Crippen molar-refractivity contribution in [3.8, 4) is 5.75 Å². The maximum atomic E-state index is 13.2. The highest BCUT2D eigenvalue weighted by Crippen LogP contribution is 2.26. The third kappa shape index (κ3) is 3.89. The Hall–Kier alpha value is -1.17. The summed E-state index contributed by atoms with van der Waals surface area (Å²) in [7, 11) is 2.04. The fourth-order valence-electron chi connectivity index (χ4n) is 2.13. The highest BCUT2D eigenvalue weighted by atomic mass is 19.1. The van der Waals surface area contributed by atoms with Gasteiger partial charge in [0.15, 0.2) is 0 Å². The summed E-state index contributed by atoms with van der Waals surface area (Å²) >= 11 is 0. The summed E-state index contributed by atoms with van der Waals surface area (Å²) < 4.78 is 24.4. The molecule has 0 spiro atoms. The van der Waals surface area contributed by atoms with Crippen LogP contribution in [0.1, 0.15) is 18.6 Å². The van der Waals surface area contributed by atoms with E-state index in [1.54, 1.807) is 13.0 Å². The van der Waals surface area contributed by atoms with Crippen LogP contribution in [0.4, 0.5) is 4.39 Å². The van der Waals surface area contributed by atoms with Gasteiger partial charge in [-0.15, -0.1) is 0 Å². The Morgan fingerprint density at radius 1 is 1.58 bits per heavy atom. The molecule has 1 saturated heterocycles. The van der Waals surface area contributed by atoms with Gasteiger partial charge in [0.1, 0.15) is 24.3 Å². The normalized spacial score (nSPS) is 22.2. The Balaban J connectivity index is 1.99. The summed E-state index contributed by atoms with van der Waals surface area (Å²) in [5.74, 6) is 0.130. The van der Waals surface area contributed by atoms with Crippen LogP contribution in [-0.2, 0) is 4.74 Å². The molecule has 0 amide bonds. The van der Waals surface area contributed by atoms with E-state index in [1.807, 2.05) is 7.05 Å².